The summed E-state index contributed by atoms with van der Waals surface area (Å²) < 4.78 is 2.93. The van der Waals surface area contributed by atoms with Gasteiger partial charge < -0.3 is 10.5 Å². The maximum Gasteiger partial charge on any atom is 0.0853 e. The summed E-state index contributed by atoms with van der Waals surface area (Å²) in [6, 6.07) is 0. The number of nitrogens with two attached hydrogens (primary N) is 1. The van der Waals surface area contributed by atoms with Gasteiger partial charge in [-0.1, -0.05) is 0 Å². The van der Waals surface area contributed by atoms with E-state index in [-0.39, 0.29) is 0 Å². The fourth-order valence-corrected chi connectivity index (χ4v) is 0.960. The second kappa shape index (κ2) is 3.19. The highest BCUT2D eigenvalue weighted by molar-refractivity contribution is 8.01. The molecule has 0 aromatic carbocycles. The topological polar surface area (TPSA) is 50.4 Å². The van der Waals surface area contributed by atoms with Crippen LogP contribution in [0.5, 0.6) is 0 Å². The fraction of sp³-hybridized carbons (Fsp3) is 0. The average molecular weight is 141 g/mol. The summed E-state index contributed by atoms with van der Waals surface area (Å²) in [7, 11) is 0. The minimum Gasteiger partial charge on any atom is -0.390 e. The molecule has 0 aromatic heterocycles. The number of hydrogen-bond acceptors (Lipinski definition) is 3. The lowest BCUT2D eigenvalue weighted by molar-refractivity contribution is 1.46. The summed E-state index contributed by atoms with van der Waals surface area (Å²) in [6.07, 6.45) is 6.74. The Kier molecular flexibility index (Phi) is 2.21. The maximum atomic E-state index is 5.02. The third kappa shape index (κ3) is 1.81. The summed E-state index contributed by atoms with van der Waals surface area (Å²) in [5.74, 6) is 0. The third-order valence-corrected chi connectivity index (χ3v) is 1.51. The van der Waals surface area contributed by atoms with Crippen molar-refractivity contribution in [1.29, 1.82) is 0 Å². The zero-order chi connectivity index (χ0) is 6.53. The van der Waals surface area contributed by atoms with E-state index in [1.165, 1.54) is 18.3 Å². The molecule has 1 rings (SSSR count). The van der Waals surface area contributed by atoms with Gasteiger partial charge in [0.2, 0.25) is 0 Å². The van der Waals surface area contributed by atoms with Crippen molar-refractivity contribution in [3.05, 3.63) is 23.4 Å². The van der Waals surface area contributed by atoms with E-state index < -0.39 is 0 Å². The second-order valence-corrected chi connectivity index (χ2v) is 2.29. The number of nitrogens with one attached hydrogen (secondary N) is 1. The molecular weight excluding hydrogens is 134 g/mol. The van der Waals surface area contributed by atoms with Crippen LogP contribution in [0.2, 0.25) is 0 Å². The molecule has 0 spiro atoms. The number of nitrogens with zero attached hydrogens (tertiary/aromatic N) is 1. The average Bonchev–Trinajstić information content (AvgIpc) is 2.34. The Morgan fingerprint density at radius 1 is 1.78 bits per heavy atom. The number of hydrogen-bond donors (Lipinski definition) is 2. The molecule has 1 heterocycles. The first-order valence-corrected chi connectivity index (χ1v) is 3.27. The van der Waals surface area contributed by atoms with E-state index in [9.17, 15) is 0 Å². The minimum atomic E-state index is 1.07. The van der Waals surface area contributed by atoms with Crippen molar-refractivity contribution in [2.24, 2.45) is 10.7 Å². The molecule has 0 bridgehead atoms. The Hall–Kier alpha value is -0.900. The van der Waals surface area contributed by atoms with Crippen LogP contribution in [0.4, 0.5) is 0 Å². The van der Waals surface area contributed by atoms with E-state index in [0.717, 1.165) is 4.91 Å². The Balaban J connectivity index is 2.50. The van der Waals surface area contributed by atoms with E-state index in [4.69, 9.17) is 5.73 Å². The molecule has 0 fully saturated rings. The fourth-order valence-electron chi connectivity index (χ4n) is 0.438. The van der Waals surface area contributed by atoms with Crippen LogP contribution in [0.25, 0.3) is 0 Å². The normalized spacial score (nSPS) is 21.6. The molecule has 1 aliphatic rings. The van der Waals surface area contributed by atoms with Gasteiger partial charge in [-0.25, -0.2) is 4.99 Å². The van der Waals surface area contributed by atoms with Gasteiger partial charge in [-0.3, -0.25) is 0 Å². The van der Waals surface area contributed by atoms with Crippen molar-refractivity contribution < 1.29 is 0 Å². The lowest BCUT2D eigenvalue weighted by Gasteiger charge is -1.86. The highest BCUT2D eigenvalue weighted by atomic mass is 32.2. The van der Waals surface area contributed by atoms with E-state index >= 15 is 0 Å². The van der Waals surface area contributed by atoms with Crippen molar-refractivity contribution in [3.8, 4) is 0 Å². The molecule has 0 aliphatic carbocycles. The van der Waals surface area contributed by atoms with E-state index in [2.05, 4.69) is 9.71 Å². The standard InChI is InChI=1S/C5H7N3S/c6-4-7-3-5-1-2-8-9-5/h1-4,8H,(H2,6,7)/b5-3-. The molecule has 0 saturated heterocycles. The van der Waals surface area contributed by atoms with Crippen LogP contribution in [-0.2, 0) is 0 Å². The summed E-state index contributed by atoms with van der Waals surface area (Å²) >= 11 is 1.51. The first-order valence-electron chi connectivity index (χ1n) is 2.46. The van der Waals surface area contributed by atoms with Gasteiger partial charge in [-0.05, 0) is 18.0 Å². The second-order valence-electron chi connectivity index (χ2n) is 1.38. The highest BCUT2D eigenvalue weighted by Gasteiger charge is 1.95. The van der Waals surface area contributed by atoms with Crippen molar-refractivity contribution >= 4 is 18.3 Å². The molecule has 3 N–H and O–H groups in total. The maximum absolute atomic E-state index is 5.02. The Morgan fingerprint density at radius 2 is 2.67 bits per heavy atom. The molecule has 0 amide bonds. The van der Waals surface area contributed by atoms with Crippen LogP contribution in [0.3, 0.4) is 0 Å². The molecule has 1 aliphatic heterocycles. The minimum absolute atomic E-state index is 1.07. The predicted molar refractivity (Wildman–Crippen MR) is 40.6 cm³/mol. The molecular formula is C5H7N3S. The lowest BCUT2D eigenvalue weighted by Crippen LogP contribution is -1.85. The molecule has 0 saturated carbocycles. The highest BCUT2D eigenvalue weighted by Crippen LogP contribution is 2.17. The Morgan fingerprint density at radius 3 is 3.22 bits per heavy atom. The zero-order valence-corrected chi connectivity index (χ0v) is 5.56. The number of allylic oxidation sites excluding steroid dienone is 1. The zero-order valence-electron chi connectivity index (χ0n) is 4.74. The molecule has 48 valence electrons. The molecule has 3 nitrogen and oxygen atoms in total. The van der Waals surface area contributed by atoms with Crippen LogP contribution < -0.4 is 10.5 Å². The van der Waals surface area contributed by atoms with Crippen LogP contribution in [0.1, 0.15) is 0 Å². The van der Waals surface area contributed by atoms with Gasteiger partial charge in [-0.15, -0.1) is 0 Å². The molecule has 0 radical (unpaired) electrons. The van der Waals surface area contributed by atoms with E-state index in [1.54, 1.807) is 6.20 Å². The van der Waals surface area contributed by atoms with Crippen molar-refractivity contribution in [2.75, 3.05) is 0 Å². The third-order valence-electron chi connectivity index (χ3n) is 0.780. The first kappa shape index (κ1) is 6.22. The van der Waals surface area contributed by atoms with Gasteiger partial charge >= 0.3 is 0 Å². The molecule has 4 heteroatoms. The smallest absolute Gasteiger partial charge is 0.0853 e. The lowest BCUT2D eigenvalue weighted by atomic mass is 10.6. The van der Waals surface area contributed by atoms with Crippen LogP contribution in [0.15, 0.2) is 28.4 Å². The quantitative estimate of drug-likeness (QED) is 0.319. The Bertz CT molecular complexity index is 171. The molecule has 0 atom stereocenters. The summed E-state index contributed by atoms with van der Waals surface area (Å²) in [4.78, 5) is 4.80. The van der Waals surface area contributed by atoms with Gasteiger partial charge in [0.25, 0.3) is 0 Å². The monoisotopic (exact) mass is 141 g/mol. The van der Waals surface area contributed by atoms with Gasteiger partial charge in [-0.2, -0.15) is 0 Å². The van der Waals surface area contributed by atoms with E-state index in [0.29, 0.717) is 0 Å². The van der Waals surface area contributed by atoms with Crippen LogP contribution in [0, 0.1) is 0 Å². The van der Waals surface area contributed by atoms with Crippen molar-refractivity contribution in [1.82, 2.24) is 4.72 Å². The van der Waals surface area contributed by atoms with Crippen molar-refractivity contribution in [3.63, 3.8) is 0 Å². The van der Waals surface area contributed by atoms with E-state index in [1.807, 2.05) is 12.3 Å². The largest absolute Gasteiger partial charge is 0.390 e. The number of rotatable bonds is 1. The van der Waals surface area contributed by atoms with Gasteiger partial charge in [0.1, 0.15) is 0 Å². The SMILES string of the molecule is NC=N/C=C1/C=CNS1. The van der Waals surface area contributed by atoms with Gasteiger partial charge in [0.05, 0.1) is 6.34 Å². The summed E-state index contributed by atoms with van der Waals surface area (Å²) in [5, 5.41) is 0. The summed E-state index contributed by atoms with van der Waals surface area (Å²) in [5.41, 5.74) is 5.02. The molecule has 9 heavy (non-hydrogen) atoms. The number of aliphatic imine (C=N–C) groups is 1. The first-order chi connectivity index (χ1) is 4.43. The van der Waals surface area contributed by atoms with Gasteiger partial charge in [0.15, 0.2) is 0 Å². The summed E-state index contributed by atoms with van der Waals surface area (Å²) in [6.45, 7) is 0. The van der Waals surface area contributed by atoms with Crippen molar-refractivity contribution in [2.45, 2.75) is 0 Å². The molecule has 0 unspecified atom stereocenters. The predicted octanol–water partition coefficient (Wildman–Crippen LogP) is 0.580. The van der Waals surface area contributed by atoms with Gasteiger partial charge in [0, 0.05) is 17.3 Å². The Labute approximate surface area is 57.9 Å². The van der Waals surface area contributed by atoms with Crippen LogP contribution >= 0.6 is 11.9 Å². The molecule has 0 aromatic rings. The van der Waals surface area contributed by atoms with Crippen LogP contribution in [-0.4, -0.2) is 6.34 Å².